The molecule has 16 nitrogen and oxygen atoms in total. The molecule has 0 radical (unpaired) electrons. The van der Waals surface area contributed by atoms with Crippen LogP contribution in [0.25, 0.3) is 21.5 Å². The van der Waals surface area contributed by atoms with Gasteiger partial charge in [-0.2, -0.15) is 0 Å². The highest BCUT2D eigenvalue weighted by Crippen LogP contribution is 2.34. The van der Waals surface area contributed by atoms with Crippen molar-refractivity contribution in [2.75, 3.05) is 26.4 Å². The Morgan fingerprint density at radius 3 is 1.63 bits per heavy atom. The van der Waals surface area contributed by atoms with E-state index in [1.165, 1.54) is 12.4 Å². The van der Waals surface area contributed by atoms with Gasteiger partial charge in [0, 0.05) is 36.0 Å². The first-order valence-electron chi connectivity index (χ1n) is 20.2. The molecule has 0 bridgehead atoms. The smallest absolute Gasteiger partial charge is 0.260 e. The number of aliphatic hydroxyl groups excluding tert-OH is 1. The summed E-state index contributed by atoms with van der Waals surface area (Å²) in [6.07, 6.45) is 2.41. The number of primary amides is 2. The lowest BCUT2D eigenvalue weighted by Crippen LogP contribution is -2.38. The number of aromatic nitrogens is 2. The van der Waals surface area contributed by atoms with E-state index in [2.05, 4.69) is 20.6 Å². The van der Waals surface area contributed by atoms with Gasteiger partial charge in [0.2, 0.25) is 23.1 Å². The number of alkyl halides is 2. The first-order chi connectivity index (χ1) is 30.0. The molecule has 18 heteroatoms. The Morgan fingerprint density at radius 1 is 0.746 bits per heavy atom. The van der Waals surface area contributed by atoms with E-state index in [0.29, 0.717) is 33.0 Å². The summed E-state index contributed by atoms with van der Waals surface area (Å²) in [5.74, 6) is -1.64. The molecular formula is C45H50F2N6O10. The Bertz CT molecular complexity index is 2480. The number of carbonyl (C=O) groups excluding carboxylic acids is 4. The van der Waals surface area contributed by atoms with E-state index < -0.39 is 53.7 Å². The van der Waals surface area contributed by atoms with Crippen molar-refractivity contribution >= 4 is 45.2 Å². The van der Waals surface area contributed by atoms with Gasteiger partial charge in [-0.15, -0.1) is 0 Å². The molecule has 2 aromatic heterocycles. The number of hydrogen-bond donors (Lipinski definition) is 5. The summed E-state index contributed by atoms with van der Waals surface area (Å²) >= 11 is 0. The summed E-state index contributed by atoms with van der Waals surface area (Å²) in [7, 11) is 0. The maximum atomic E-state index is 15.3. The van der Waals surface area contributed by atoms with Gasteiger partial charge >= 0.3 is 0 Å². The molecule has 7 N–H and O–H groups in total. The fraction of sp³-hybridized carbons (Fsp3) is 0.378. The normalized spacial score (nSPS) is 20.6. The van der Waals surface area contributed by atoms with Crippen molar-refractivity contribution in [3.63, 3.8) is 0 Å². The summed E-state index contributed by atoms with van der Waals surface area (Å²) in [6.45, 7) is 6.30. The topological polar surface area (TPSA) is 237 Å². The molecule has 0 saturated carbocycles. The zero-order valence-electron chi connectivity index (χ0n) is 35.2. The number of ether oxygens (including phenoxy) is 5. The van der Waals surface area contributed by atoms with Crippen LogP contribution in [0.15, 0.2) is 79.1 Å². The Balaban J connectivity index is 0.000000215. The van der Waals surface area contributed by atoms with E-state index in [1.54, 1.807) is 36.4 Å². The monoisotopic (exact) mass is 872 g/mol. The maximum absolute atomic E-state index is 15.3. The molecule has 7 rings (SSSR count). The van der Waals surface area contributed by atoms with Crippen molar-refractivity contribution in [3.8, 4) is 23.3 Å². The number of nitrogens with two attached hydrogens (primary N) is 2. The third-order valence-electron chi connectivity index (χ3n) is 10.1. The Morgan fingerprint density at radius 2 is 1.21 bits per heavy atom. The minimum atomic E-state index is -2.30. The standard InChI is InChI=1S/C26H28FN3O5.C19H22FN3O5/c1-16(2)35-22-11-20-18(10-21(22)23(28)31)8-9-29-24(20)34-14-19-12-26(27,25(32)30-19)15-33-13-17-6-4-3-5-7-17;1-10(2)28-15-6-13-11(5-14(15)16(21)25)3-4-22-17(13)27-8-12-7-19(20,9-24)18(26)23-12/h3-11,16,19H,12-15H2,1-2H3,(H2,28,31)(H,30,32);3-6,10,12,24H,7-9H2,1-2H3,(H2,21,25)(H,23,26)/t19-,26+;12-,19+/m00/s1. The Hall–Kier alpha value is -6.66. The minimum absolute atomic E-state index is 0.0140. The number of aliphatic hydroxyl groups is 1. The number of fused-ring (bicyclic) bond motifs is 2. The van der Waals surface area contributed by atoms with E-state index in [-0.39, 0.29) is 74.4 Å². The van der Waals surface area contributed by atoms with Crippen molar-refractivity contribution in [3.05, 3.63) is 95.8 Å². The number of halogens is 2. The number of nitrogens with zero attached hydrogens (tertiary/aromatic N) is 2. The first kappa shape index (κ1) is 45.9. The number of amides is 4. The van der Waals surface area contributed by atoms with Crippen LogP contribution in [-0.2, 0) is 20.9 Å². The van der Waals surface area contributed by atoms with Crippen molar-refractivity contribution in [2.24, 2.45) is 11.5 Å². The number of nitrogens with one attached hydrogen (secondary N) is 2. The highest BCUT2D eigenvalue weighted by molar-refractivity contribution is 6.02. The van der Waals surface area contributed by atoms with Gasteiger partial charge < -0.3 is 50.9 Å². The Labute approximate surface area is 361 Å². The summed E-state index contributed by atoms with van der Waals surface area (Å²) in [5.41, 5.74) is 7.93. The second-order valence-corrected chi connectivity index (χ2v) is 15.9. The molecule has 4 amide bonds. The molecule has 63 heavy (non-hydrogen) atoms. The lowest BCUT2D eigenvalue weighted by molar-refractivity contribution is -0.133. The van der Waals surface area contributed by atoms with Gasteiger partial charge in [-0.1, -0.05) is 30.3 Å². The van der Waals surface area contributed by atoms with Crippen LogP contribution in [0.1, 0.15) is 66.8 Å². The molecule has 2 aliphatic heterocycles. The van der Waals surface area contributed by atoms with Crippen molar-refractivity contribution in [1.29, 1.82) is 0 Å². The molecule has 3 aromatic carbocycles. The number of carbonyl (C=O) groups is 4. The van der Waals surface area contributed by atoms with Gasteiger partial charge in [0.1, 0.15) is 24.7 Å². The fourth-order valence-electron chi connectivity index (χ4n) is 7.09. The van der Waals surface area contributed by atoms with Crippen LogP contribution in [-0.4, -0.2) is 101 Å². The highest BCUT2D eigenvalue weighted by Gasteiger charge is 2.49. The minimum Gasteiger partial charge on any atom is -0.490 e. The van der Waals surface area contributed by atoms with E-state index in [0.717, 1.165) is 5.56 Å². The quantitative estimate of drug-likeness (QED) is 0.0875. The van der Waals surface area contributed by atoms with Crippen molar-refractivity contribution < 1.29 is 56.7 Å². The SMILES string of the molecule is CC(C)Oc1cc2c(OC[C@@H]3C[C@@](F)(CO)C(=O)N3)nccc2cc1C(N)=O.CC(C)Oc1cc2c(OC[C@@H]3C[C@@](F)(COCc4ccccc4)C(=O)N3)nccc2cc1C(N)=O. The van der Waals surface area contributed by atoms with Crippen LogP contribution in [0, 0.1) is 0 Å². The van der Waals surface area contributed by atoms with Crippen LogP contribution in [0.4, 0.5) is 8.78 Å². The van der Waals surface area contributed by atoms with Gasteiger partial charge in [-0.05, 0) is 80.4 Å². The second-order valence-electron chi connectivity index (χ2n) is 15.9. The number of benzene rings is 3. The van der Waals surface area contributed by atoms with Crippen LogP contribution < -0.4 is 41.0 Å². The van der Waals surface area contributed by atoms with Gasteiger partial charge in [-0.25, -0.2) is 18.7 Å². The molecular weight excluding hydrogens is 823 g/mol. The predicted molar refractivity (Wildman–Crippen MR) is 227 cm³/mol. The average molecular weight is 873 g/mol. The van der Waals surface area contributed by atoms with E-state index in [4.69, 9.17) is 40.3 Å². The van der Waals surface area contributed by atoms with Crippen LogP contribution in [0.3, 0.4) is 0 Å². The van der Waals surface area contributed by atoms with Crippen LogP contribution in [0.5, 0.6) is 23.3 Å². The Kier molecular flexibility index (Phi) is 14.3. The van der Waals surface area contributed by atoms with Gasteiger partial charge in [-0.3, -0.25) is 19.2 Å². The van der Waals surface area contributed by atoms with Gasteiger partial charge in [0.05, 0.1) is 55.2 Å². The molecule has 4 heterocycles. The van der Waals surface area contributed by atoms with E-state index in [9.17, 15) is 23.6 Å². The molecule has 334 valence electrons. The molecule has 5 aromatic rings. The second kappa shape index (κ2) is 19.6. The summed E-state index contributed by atoms with van der Waals surface area (Å²) < 4.78 is 57.9. The zero-order valence-corrected chi connectivity index (χ0v) is 35.2. The van der Waals surface area contributed by atoms with E-state index >= 15 is 4.39 Å². The van der Waals surface area contributed by atoms with Crippen LogP contribution in [0.2, 0.25) is 0 Å². The molecule has 2 aliphatic rings. The number of hydrogen-bond acceptors (Lipinski definition) is 12. The summed E-state index contributed by atoms with van der Waals surface area (Å²) in [5, 5.41) is 16.7. The third-order valence-corrected chi connectivity index (χ3v) is 10.1. The maximum Gasteiger partial charge on any atom is 0.260 e. The van der Waals surface area contributed by atoms with Crippen LogP contribution >= 0.6 is 0 Å². The molecule has 2 fully saturated rings. The zero-order chi connectivity index (χ0) is 45.5. The predicted octanol–water partition coefficient (Wildman–Crippen LogP) is 4.40. The molecule has 2 saturated heterocycles. The lowest BCUT2D eigenvalue weighted by Gasteiger charge is -2.17. The lowest BCUT2D eigenvalue weighted by atomic mass is 10.0. The largest absolute Gasteiger partial charge is 0.490 e. The van der Waals surface area contributed by atoms with Gasteiger partial charge in [0.25, 0.3) is 23.6 Å². The van der Waals surface area contributed by atoms with Gasteiger partial charge in [0.15, 0.2) is 0 Å². The van der Waals surface area contributed by atoms with Crippen molar-refractivity contribution in [1.82, 2.24) is 20.6 Å². The number of rotatable bonds is 17. The summed E-state index contributed by atoms with van der Waals surface area (Å²) in [4.78, 5) is 56.1. The highest BCUT2D eigenvalue weighted by atomic mass is 19.1. The molecule has 0 unspecified atom stereocenters. The third kappa shape index (κ3) is 11.1. The fourth-order valence-corrected chi connectivity index (χ4v) is 7.09. The molecule has 0 spiro atoms. The molecule has 4 atom stereocenters. The average Bonchev–Trinajstić information content (AvgIpc) is 3.70. The molecule has 0 aliphatic carbocycles. The number of pyridine rings is 2. The van der Waals surface area contributed by atoms with Crippen molar-refractivity contribution in [2.45, 2.75) is 82.8 Å². The van der Waals surface area contributed by atoms with E-state index in [1.807, 2.05) is 58.0 Å². The first-order valence-corrected chi connectivity index (χ1v) is 20.2. The summed E-state index contributed by atoms with van der Waals surface area (Å²) in [6, 6.07) is 18.1.